The lowest BCUT2D eigenvalue weighted by Gasteiger charge is -2.25. The van der Waals surface area contributed by atoms with Crippen LogP contribution in [0.5, 0.6) is 0 Å². The van der Waals surface area contributed by atoms with E-state index in [0.717, 1.165) is 19.3 Å². The maximum Gasteiger partial charge on any atom is 0.354 e. The van der Waals surface area contributed by atoms with Crippen LogP contribution in [0.15, 0.2) is 17.2 Å². The number of pyridine rings is 1. The molecule has 0 bridgehead atoms. The number of aromatic carboxylic acids is 1. The monoisotopic (exact) mass is 296 g/mol. The molecular weight excluding hydrogens is 280 g/mol. The first-order chi connectivity index (χ1) is 9.47. The molecule has 0 radical (unpaired) electrons. The summed E-state index contributed by atoms with van der Waals surface area (Å²) in [5.74, 6) is -0.568. The van der Waals surface area contributed by atoms with Crippen molar-refractivity contribution in [2.45, 2.75) is 42.9 Å². The Kier molecular flexibility index (Phi) is 4.59. The maximum absolute atomic E-state index is 11.0. The summed E-state index contributed by atoms with van der Waals surface area (Å²) in [5.41, 5.74) is -0.264. The van der Waals surface area contributed by atoms with Gasteiger partial charge in [-0.25, -0.2) is 9.78 Å². The quantitative estimate of drug-likeness (QED) is 0.676. The highest BCUT2D eigenvalue weighted by molar-refractivity contribution is 8.00. The van der Waals surface area contributed by atoms with Crippen LogP contribution in [0.1, 0.15) is 43.1 Å². The molecule has 2 unspecified atom stereocenters. The van der Waals surface area contributed by atoms with E-state index in [1.165, 1.54) is 30.3 Å². The fourth-order valence-electron chi connectivity index (χ4n) is 2.42. The third-order valence-electron chi connectivity index (χ3n) is 3.42. The highest BCUT2D eigenvalue weighted by atomic mass is 32.2. The van der Waals surface area contributed by atoms with Crippen LogP contribution in [-0.4, -0.2) is 26.2 Å². The molecule has 0 amide bonds. The number of carboxylic acid groups (broad SMARTS) is 1. The zero-order valence-electron chi connectivity index (χ0n) is 11.1. The number of thioether (sulfide) groups is 1. The van der Waals surface area contributed by atoms with Gasteiger partial charge in [-0.2, -0.15) is 0 Å². The predicted octanol–water partition coefficient (Wildman–Crippen LogP) is 3.36. The van der Waals surface area contributed by atoms with E-state index in [1.54, 1.807) is 0 Å². The molecule has 0 aromatic carbocycles. The van der Waals surface area contributed by atoms with Crippen molar-refractivity contribution in [2.75, 3.05) is 0 Å². The standard InChI is InChI=1S/C13H16N2O4S/c1-8-3-2-4-9(7-8)20-12-11(15(18)19)6-5-10(14-12)13(16)17/h5-6,8-9H,2-4,7H2,1H3,(H,16,17). The number of carboxylic acids is 1. The molecule has 20 heavy (non-hydrogen) atoms. The van der Waals surface area contributed by atoms with Gasteiger partial charge in [0.1, 0.15) is 5.69 Å². The van der Waals surface area contributed by atoms with Crippen molar-refractivity contribution in [3.8, 4) is 0 Å². The van der Waals surface area contributed by atoms with Gasteiger partial charge < -0.3 is 5.11 Å². The van der Waals surface area contributed by atoms with E-state index in [0.29, 0.717) is 5.92 Å². The van der Waals surface area contributed by atoms with Crippen LogP contribution in [0.4, 0.5) is 5.69 Å². The Labute approximate surface area is 120 Å². The first kappa shape index (κ1) is 14.8. The molecule has 2 rings (SSSR count). The van der Waals surface area contributed by atoms with Crippen molar-refractivity contribution in [3.05, 3.63) is 27.9 Å². The number of nitro groups is 1. The second kappa shape index (κ2) is 6.21. The van der Waals surface area contributed by atoms with E-state index in [-0.39, 0.29) is 21.7 Å². The van der Waals surface area contributed by atoms with Gasteiger partial charge in [0.2, 0.25) is 0 Å². The van der Waals surface area contributed by atoms with E-state index in [4.69, 9.17) is 5.11 Å². The van der Waals surface area contributed by atoms with Crippen molar-refractivity contribution in [1.29, 1.82) is 0 Å². The summed E-state index contributed by atoms with van der Waals surface area (Å²) in [5, 5.41) is 20.4. The largest absolute Gasteiger partial charge is 0.477 e. The average Bonchev–Trinajstić information content (AvgIpc) is 2.38. The molecule has 0 saturated heterocycles. The Morgan fingerprint density at radius 3 is 2.85 bits per heavy atom. The zero-order chi connectivity index (χ0) is 14.7. The summed E-state index contributed by atoms with van der Waals surface area (Å²) >= 11 is 1.34. The number of nitrogens with zero attached hydrogens (tertiary/aromatic N) is 2. The summed E-state index contributed by atoms with van der Waals surface area (Å²) < 4.78 is 0. The number of aromatic nitrogens is 1. The molecular formula is C13H16N2O4S. The van der Waals surface area contributed by atoms with Gasteiger partial charge in [-0.3, -0.25) is 10.1 Å². The van der Waals surface area contributed by atoms with Crippen LogP contribution < -0.4 is 0 Å². The third-order valence-corrected chi connectivity index (χ3v) is 4.71. The van der Waals surface area contributed by atoms with Crippen LogP contribution in [0, 0.1) is 16.0 Å². The lowest BCUT2D eigenvalue weighted by Crippen LogP contribution is -2.15. The van der Waals surface area contributed by atoms with Crippen molar-refractivity contribution in [3.63, 3.8) is 0 Å². The molecule has 1 fully saturated rings. The minimum Gasteiger partial charge on any atom is -0.477 e. The molecule has 7 heteroatoms. The molecule has 1 aromatic heterocycles. The SMILES string of the molecule is CC1CCCC(Sc2nc(C(=O)O)ccc2[N+](=O)[O-])C1. The molecule has 6 nitrogen and oxygen atoms in total. The summed E-state index contributed by atoms with van der Waals surface area (Å²) in [4.78, 5) is 25.4. The second-order valence-corrected chi connectivity index (χ2v) is 6.38. The Bertz CT molecular complexity index is 535. The predicted molar refractivity (Wildman–Crippen MR) is 75.1 cm³/mol. The molecule has 1 saturated carbocycles. The first-order valence-electron chi connectivity index (χ1n) is 6.52. The van der Waals surface area contributed by atoms with Crippen molar-refractivity contribution >= 4 is 23.4 Å². The molecule has 1 aromatic rings. The average molecular weight is 296 g/mol. The molecule has 108 valence electrons. The summed E-state index contributed by atoms with van der Waals surface area (Å²) in [6, 6.07) is 2.40. The van der Waals surface area contributed by atoms with Gasteiger partial charge in [-0.1, -0.05) is 31.5 Å². The lowest BCUT2D eigenvalue weighted by atomic mass is 9.91. The van der Waals surface area contributed by atoms with Crippen molar-refractivity contribution in [1.82, 2.24) is 4.98 Å². The van der Waals surface area contributed by atoms with E-state index in [1.807, 2.05) is 0 Å². The molecule has 1 aliphatic rings. The molecule has 0 spiro atoms. The first-order valence-corrected chi connectivity index (χ1v) is 7.40. The Morgan fingerprint density at radius 2 is 2.25 bits per heavy atom. The van der Waals surface area contributed by atoms with Gasteiger partial charge in [0.05, 0.1) is 4.92 Å². The summed E-state index contributed by atoms with van der Waals surface area (Å²) in [6.07, 6.45) is 4.26. The van der Waals surface area contributed by atoms with E-state index in [2.05, 4.69) is 11.9 Å². The fraction of sp³-hybridized carbons (Fsp3) is 0.538. The molecule has 2 atom stereocenters. The maximum atomic E-state index is 11.0. The zero-order valence-corrected chi connectivity index (χ0v) is 11.9. The number of carbonyl (C=O) groups is 1. The van der Waals surface area contributed by atoms with Gasteiger partial charge in [-0.05, 0) is 24.8 Å². The van der Waals surface area contributed by atoms with Gasteiger partial charge >= 0.3 is 11.7 Å². The van der Waals surface area contributed by atoms with Gasteiger partial charge in [0.25, 0.3) is 0 Å². The van der Waals surface area contributed by atoms with Crippen LogP contribution in [0.2, 0.25) is 0 Å². The Hall–Kier alpha value is -1.63. The fourth-order valence-corrected chi connectivity index (χ4v) is 3.86. The van der Waals surface area contributed by atoms with Crippen molar-refractivity contribution < 1.29 is 14.8 Å². The van der Waals surface area contributed by atoms with E-state index < -0.39 is 10.9 Å². The van der Waals surface area contributed by atoms with Crippen LogP contribution in [-0.2, 0) is 0 Å². The topological polar surface area (TPSA) is 93.3 Å². The molecule has 1 heterocycles. The van der Waals surface area contributed by atoms with Crippen molar-refractivity contribution in [2.24, 2.45) is 5.92 Å². The van der Waals surface area contributed by atoms with Gasteiger partial charge in [0, 0.05) is 11.3 Å². The summed E-state index contributed by atoms with van der Waals surface area (Å²) in [6.45, 7) is 2.17. The third kappa shape index (κ3) is 3.47. The molecule has 1 aliphatic carbocycles. The van der Waals surface area contributed by atoms with E-state index >= 15 is 0 Å². The van der Waals surface area contributed by atoms with Crippen LogP contribution in [0.25, 0.3) is 0 Å². The van der Waals surface area contributed by atoms with Crippen LogP contribution >= 0.6 is 11.8 Å². The number of hydrogen-bond donors (Lipinski definition) is 1. The van der Waals surface area contributed by atoms with E-state index in [9.17, 15) is 14.9 Å². The minimum atomic E-state index is -1.17. The lowest BCUT2D eigenvalue weighted by molar-refractivity contribution is -0.388. The normalized spacial score (nSPS) is 22.4. The van der Waals surface area contributed by atoms with Crippen LogP contribution in [0.3, 0.4) is 0 Å². The van der Waals surface area contributed by atoms with Gasteiger partial charge in [0.15, 0.2) is 5.03 Å². The number of rotatable bonds is 4. The van der Waals surface area contributed by atoms with Gasteiger partial charge in [-0.15, -0.1) is 0 Å². The second-order valence-electron chi connectivity index (χ2n) is 5.09. The highest BCUT2D eigenvalue weighted by Crippen LogP contribution is 2.38. The minimum absolute atomic E-state index is 0.113. The highest BCUT2D eigenvalue weighted by Gasteiger charge is 2.25. The molecule has 0 aliphatic heterocycles. The summed E-state index contributed by atoms with van der Waals surface area (Å²) in [7, 11) is 0. The number of hydrogen-bond acceptors (Lipinski definition) is 5. The smallest absolute Gasteiger partial charge is 0.354 e. The Morgan fingerprint density at radius 1 is 1.50 bits per heavy atom. The molecule has 1 N–H and O–H groups in total. The Balaban J connectivity index is 2.25.